The monoisotopic (exact) mass is 281 g/mol. The molecule has 0 N–H and O–H groups in total. The predicted octanol–water partition coefficient (Wildman–Crippen LogP) is 1.79. The zero-order valence-electron chi connectivity index (χ0n) is 8.78. The summed E-state index contributed by atoms with van der Waals surface area (Å²) in [5.74, 6) is -0.0146. The third-order valence-corrected chi connectivity index (χ3v) is 3.12. The van der Waals surface area contributed by atoms with E-state index in [0.29, 0.717) is 6.54 Å². The van der Waals surface area contributed by atoms with E-state index in [0.717, 1.165) is 10.9 Å². The molecule has 84 valence electrons. The van der Waals surface area contributed by atoms with E-state index in [1.54, 1.807) is 4.90 Å². The molecule has 0 unspecified atom stereocenters. The molecule has 1 fully saturated rings. The summed E-state index contributed by atoms with van der Waals surface area (Å²) in [6, 6.07) is 7.99. The molecule has 0 radical (unpaired) electrons. The van der Waals surface area contributed by atoms with Crippen LogP contribution in [0.25, 0.3) is 0 Å². The lowest BCUT2D eigenvalue weighted by Gasteiger charge is -2.14. The quantitative estimate of drug-likeness (QED) is 0.793. The molecule has 0 spiro atoms. The molecular weight excluding hydrogens is 270 g/mol. The van der Waals surface area contributed by atoms with Gasteiger partial charge >= 0.3 is 0 Å². The minimum absolute atomic E-state index is 0.0271. The van der Waals surface area contributed by atoms with Crippen LogP contribution in [0, 0.1) is 0 Å². The summed E-state index contributed by atoms with van der Waals surface area (Å²) in [5, 5.41) is 0. The topological polar surface area (TPSA) is 37.4 Å². The van der Waals surface area contributed by atoms with Gasteiger partial charge in [0.1, 0.15) is 0 Å². The van der Waals surface area contributed by atoms with Gasteiger partial charge in [0, 0.05) is 11.0 Å². The molecule has 0 saturated carbocycles. The highest BCUT2D eigenvalue weighted by Crippen LogP contribution is 2.13. The summed E-state index contributed by atoms with van der Waals surface area (Å²) >= 11 is 3.40. The van der Waals surface area contributed by atoms with Crippen LogP contribution in [0.15, 0.2) is 28.7 Å². The number of Topliss-reactive ketones (excluding diaryl/α,β-unsaturated/α-hetero) is 1. The Morgan fingerprint density at radius 3 is 2.75 bits per heavy atom. The van der Waals surface area contributed by atoms with Crippen LogP contribution in [0.3, 0.4) is 0 Å². The van der Waals surface area contributed by atoms with Gasteiger partial charge in [-0.1, -0.05) is 28.1 Å². The Hall–Kier alpha value is -1.16. The van der Waals surface area contributed by atoms with Crippen molar-refractivity contribution >= 4 is 27.6 Å². The fraction of sp³-hybridized carbons (Fsp3) is 0.333. The molecule has 0 bridgehead atoms. The number of ketones is 1. The molecule has 2 rings (SSSR count). The molecule has 4 heteroatoms. The zero-order chi connectivity index (χ0) is 11.5. The number of amides is 1. The van der Waals surface area contributed by atoms with Crippen molar-refractivity contribution in [3.8, 4) is 0 Å². The van der Waals surface area contributed by atoms with Gasteiger partial charge in [-0.3, -0.25) is 9.59 Å². The standard InChI is InChI=1S/C12H12BrNO2/c13-10-3-1-2-9(6-10)4-5-14-8-11(15)7-12(14)16/h1-3,6H,4-5,7-8H2. The molecule has 1 aromatic carbocycles. The Morgan fingerprint density at radius 1 is 1.31 bits per heavy atom. The summed E-state index contributed by atoms with van der Waals surface area (Å²) in [6.07, 6.45) is 0.872. The Morgan fingerprint density at radius 2 is 2.12 bits per heavy atom. The number of hydrogen-bond acceptors (Lipinski definition) is 2. The van der Waals surface area contributed by atoms with Crippen LogP contribution in [0.1, 0.15) is 12.0 Å². The van der Waals surface area contributed by atoms with Crippen LogP contribution in [0.4, 0.5) is 0 Å². The lowest BCUT2D eigenvalue weighted by molar-refractivity contribution is -0.127. The van der Waals surface area contributed by atoms with Gasteiger partial charge in [-0.05, 0) is 24.1 Å². The molecule has 1 aliphatic rings. The minimum atomic E-state index is -0.0417. The highest BCUT2D eigenvalue weighted by Gasteiger charge is 2.26. The maximum absolute atomic E-state index is 11.4. The van der Waals surface area contributed by atoms with Crippen LogP contribution in [0.2, 0.25) is 0 Å². The smallest absolute Gasteiger partial charge is 0.230 e. The lowest BCUT2D eigenvalue weighted by atomic mass is 10.1. The van der Waals surface area contributed by atoms with Crippen LogP contribution in [-0.4, -0.2) is 29.7 Å². The van der Waals surface area contributed by atoms with Crippen molar-refractivity contribution in [2.45, 2.75) is 12.8 Å². The maximum atomic E-state index is 11.4. The fourth-order valence-electron chi connectivity index (χ4n) is 1.80. The number of rotatable bonds is 3. The van der Waals surface area contributed by atoms with Crippen molar-refractivity contribution < 1.29 is 9.59 Å². The molecule has 1 saturated heterocycles. The summed E-state index contributed by atoms with van der Waals surface area (Å²) < 4.78 is 1.04. The van der Waals surface area contributed by atoms with Crippen LogP contribution < -0.4 is 0 Å². The molecule has 1 heterocycles. The van der Waals surface area contributed by atoms with Gasteiger partial charge in [-0.25, -0.2) is 0 Å². The van der Waals surface area contributed by atoms with Gasteiger partial charge in [-0.15, -0.1) is 0 Å². The van der Waals surface area contributed by atoms with E-state index in [9.17, 15) is 9.59 Å². The third kappa shape index (κ3) is 2.70. The number of likely N-dealkylation sites (tertiary alicyclic amines) is 1. The van der Waals surface area contributed by atoms with Crippen molar-refractivity contribution in [1.82, 2.24) is 4.90 Å². The number of carbonyl (C=O) groups excluding carboxylic acids is 2. The van der Waals surface area contributed by atoms with E-state index in [2.05, 4.69) is 15.9 Å². The van der Waals surface area contributed by atoms with Gasteiger partial charge in [0.2, 0.25) is 5.91 Å². The third-order valence-electron chi connectivity index (χ3n) is 2.63. The number of nitrogens with zero attached hydrogens (tertiary/aromatic N) is 1. The molecule has 1 aliphatic heterocycles. The van der Waals surface area contributed by atoms with E-state index in [1.165, 1.54) is 5.56 Å². The first-order chi connectivity index (χ1) is 7.65. The van der Waals surface area contributed by atoms with Crippen molar-refractivity contribution in [3.63, 3.8) is 0 Å². The highest BCUT2D eigenvalue weighted by molar-refractivity contribution is 9.10. The summed E-state index contributed by atoms with van der Waals surface area (Å²) in [5.41, 5.74) is 1.17. The Labute approximate surface area is 103 Å². The van der Waals surface area contributed by atoms with Crippen molar-refractivity contribution in [1.29, 1.82) is 0 Å². The Kier molecular flexibility index (Phi) is 3.39. The maximum Gasteiger partial charge on any atom is 0.230 e. The van der Waals surface area contributed by atoms with E-state index in [-0.39, 0.29) is 24.7 Å². The van der Waals surface area contributed by atoms with E-state index in [1.807, 2.05) is 24.3 Å². The fourth-order valence-corrected chi connectivity index (χ4v) is 2.24. The first-order valence-corrected chi connectivity index (χ1v) is 5.98. The molecule has 16 heavy (non-hydrogen) atoms. The summed E-state index contributed by atoms with van der Waals surface area (Å²) in [6.45, 7) is 0.911. The highest BCUT2D eigenvalue weighted by atomic mass is 79.9. The van der Waals surface area contributed by atoms with Crippen molar-refractivity contribution in [2.75, 3.05) is 13.1 Å². The SMILES string of the molecule is O=C1CC(=O)N(CCc2cccc(Br)c2)C1. The predicted molar refractivity (Wildman–Crippen MR) is 64.1 cm³/mol. The average Bonchev–Trinajstić information content (AvgIpc) is 2.54. The Bertz CT molecular complexity index is 431. The molecule has 0 aliphatic carbocycles. The van der Waals surface area contributed by atoms with Crippen LogP contribution in [-0.2, 0) is 16.0 Å². The first kappa shape index (κ1) is 11.3. The normalized spacial score (nSPS) is 15.9. The summed E-state index contributed by atoms with van der Waals surface area (Å²) in [4.78, 5) is 24.1. The summed E-state index contributed by atoms with van der Waals surface area (Å²) in [7, 11) is 0. The average molecular weight is 282 g/mol. The van der Waals surface area contributed by atoms with Crippen molar-refractivity contribution in [3.05, 3.63) is 34.3 Å². The van der Waals surface area contributed by atoms with Crippen LogP contribution >= 0.6 is 15.9 Å². The molecule has 0 aromatic heterocycles. The number of benzene rings is 1. The minimum Gasteiger partial charge on any atom is -0.335 e. The van der Waals surface area contributed by atoms with Gasteiger partial charge in [-0.2, -0.15) is 0 Å². The number of carbonyl (C=O) groups is 2. The Balaban J connectivity index is 1.93. The molecular formula is C12H12BrNO2. The second-order valence-electron chi connectivity index (χ2n) is 3.91. The first-order valence-electron chi connectivity index (χ1n) is 5.19. The molecule has 1 amide bonds. The van der Waals surface area contributed by atoms with Gasteiger partial charge in [0.15, 0.2) is 5.78 Å². The number of halogens is 1. The largest absolute Gasteiger partial charge is 0.335 e. The molecule has 0 atom stereocenters. The number of hydrogen-bond donors (Lipinski definition) is 0. The van der Waals surface area contributed by atoms with E-state index < -0.39 is 0 Å². The molecule has 1 aromatic rings. The second-order valence-corrected chi connectivity index (χ2v) is 4.83. The molecule has 3 nitrogen and oxygen atoms in total. The van der Waals surface area contributed by atoms with Gasteiger partial charge in [0.05, 0.1) is 13.0 Å². The zero-order valence-corrected chi connectivity index (χ0v) is 10.4. The van der Waals surface area contributed by atoms with E-state index in [4.69, 9.17) is 0 Å². The van der Waals surface area contributed by atoms with E-state index >= 15 is 0 Å². The van der Waals surface area contributed by atoms with Crippen LogP contribution in [0.5, 0.6) is 0 Å². The second kappa shape index (κ2) is 4.78. The van der Waals surface area contributed by atoms with Gasteiger partial charge in [0.25, 0.3) is 0 Å². The lowest BCUT2D eigenvalue weighted by Crippen LogP contribution is -2.27. The van der Waals surface area contributed by atoms with Gasteiger partial charge < -0.3 is 4.90 Å². The van der Waals surface area contributed by atoms with Crippen molar-refractivity contribution in [2.24, 2.45) is 0 Å².